The van der Waals surface area contributed by atoms with Crippen molar-refractivity contribution in [3.05, 3.63) is 114 Å². The molecule has 0 atom stereocenters. The predicted molar refractivity (Wildman–Crippen MR) is 145 cm³/mol. The van der Waals surface area contributed by atoms with Crippen LogP contribution >= 0.6 is 0 Å². The average Bonchev–Trinajstić information content (AvgIpc) is 3.32. The highest BCUT2D eigenvalue weighted by Crippen LogP contribution is 2.36. The Balaban J connectivity index is 1.52. The van der Waals surface area contributed by atoms with E-state index in [4.69, 9.17) is 4.42 Å². The Morgan fingerprint density at radius 2 is 1.53 bits per heavy atom. The third-order valence-corrected chi connectivity index (χ3v) is 6.53. The fraction of sp³-hybridized carbons (Fsp3) is 0.129. The maximum absolute atomic E-state index is 13.5. The molecule has 5 aromatic rings. The molecule has 0 aliphatic rings. The van der Waals surface area contributed by atoms with Crippen LogP contribution in [0, 0.1) is 5.82 Å². The van der Waals surface area contributed by atoms with Crippen LogP contribution in [0.4, 0.5) is 4.39 Å². The molecule has 0 aliphatic heterocycles. The molecule has 0 aliphatic carbocycles. The van der Waals surface area contributed by atoms with Crippen LogP contribution in [-0.4, -0.2) is 23.8 Å². The van der Waals surface area contributed by atoms with Crippen molar-refractivity contribution in [2.24, 2.45) is 0 Å². The summed E-state index contributed by atoms with van der Waals surface area (Å²) in [6.45, 7) is 3.88. The van der Waals surface area contributed by atoms with Gasteiger partial charge in [0.2, 0.25) is 0 Å². The van der Waals surface area contributed by atoms with E-state index in [1.165, 1.54) is 12.1 Å². The first-order valence-electron chi connectivity index (χ1n) is 12.1. The summed E-state index contributed by atoms with van der Waals surface area (Å²) in [7, 11) is 1.55. The van der Waals surface area contributed by atoms with Gasteiger partial charge in [-0.25, -0.2) is 4.39 Å². The Morgan fingerprint density at radius 1 is 0.842 bits per heavy atom. The normalized spacial score (nSPS) is 11.4. The predicted octanol–water partition coefficient (Wildman–Crippen LogP) is 6.33. The lowest BCUT2D eigenvalue weighted by molar-refractivity contribution is 0.0910. The van der Waals surface area contributed by atoms with Crippen LogP contribution in [0.1, 0.15) is 40.1 Å². The van der Waals surface area contributed by atoms with Gasteiger partial charge in [0.1, 0.15) is 17.2 Å². The molecule has 7 heteroatoms. The lowest BCUT2D eigenvalue weighted by Crippen LogP contribution is -2.41. The van der Waals surface area contributed by atoms with Crippen LogP contribution in [0.2, 0.25) is 0 Å². The Morgan fingerprint density at radius 3 is 2.24 bits per heavy atom. The largest absolute Gasteiger partial charge is 0.455 e. The molecule has 190 valence electrons. The number of fused-ring (bicyclic) bond motifs is 1. The highest BCUT2D eigenvalue weighted by molar-refractivity contribution is 6.11. The Kier molecular flexibility index (Phi) is 6.51. The Bertz CT molecular complexity index is 1640. The number of hydrogen-bond donors (Lipinski definition) is 2. The van der Waals surface area contributed by atoms with E-state index in [1.54, 1.807) is 43.7 Å². The first-order valence-corrected chi connectivity index (χ1v) is 12.1. The smallest absolute Gasteiger partial charge is 0.255 e. The lowest BCUT2D eigenvalue weighted by Gasteiger charge is -2.27. The molecular weight excluding hydrogens is 481 g/mol. The van der Waals surface area contributed by atoms with Gasteiger partial charge in [0, 0.05) is 36.0 Å². The summed E-state index contributed by atoms with van der Waals surface area (Å²) >= 11 is 0. The quantitative estimate of drug-likeness (QED) is 0.281. The molecule has 0 radical (unpaired) electrons. The molecule has 0 saturated heterocycles. The van der Waals surface area contributed by atoms with Gasteiger partial charge in [-0.2, -0.15) is 0 Å². The van der Waals surface area contributed by atoms with Crippen molar-refractivity contribution < 1.29 is 18.4 Å². The number of nitrogens with one attached hydrogen (secondary N) is 2. The molecule has 2 amide bonds. The number of amides is 2. The molecule has 2 heterocycles. The summed E-state index contributed by atoms with van der Waals surface area (Å²) in [5.74, 6) is -0.529. The molecule has 0 saturated carbocycles. The molecule has 0 spiro atoms. The van der Waals surface area contributed by atoms with Gasteiger partial charge in [0.25, 0.3) is 11.8 Å². The van der Waals surface area contributed by atoms with E-state index in [9.17, 15) is 14.0 Å². The third kappa shape index (κ3) is 4.78. The van der Waals surface area contributed by atoms with E-state index < -0.39 is 5.54 Å². The van der Waals surface area contributed by atoms with Crippen LogP contribution in [0.5, 0.6) is 0 Å². The van der Waals surface area contributed by atoms with E-state index in [1.807, 2.05) is 56.3 Å². The summed E-state index contributed by atoms with van der Waals surface area (Å²) in [4.78, 5) is 30.1. The van der Waals surface area contributed by atoms with Crippen LogP contribution in [0.15, 0.2) is 95.7 Å². The zero-order valence-electron chi connectivity index (χ0n) is 21.2. The van der Waals surface area contributed by atoms with Crippen LogP contribution in [0.3, 0.4) is 0 Å². The monoisotopic (exact) mass is 507 g/mol. The molecule has 0 fully saturated rings. The minimum absolute atomic E-state index is 0.206. The minimum atomic E-state index is -0.592. The number of carbonyl (C=O) groups excluding carboxylic acids is 2. The van der Waals surface area contributed by atoms with E-state index in [0.29, 0.717) is 33.4 Å². The van der Waals surface area contributed by atoms with Crippen molar-refractivity contribution in [1.82, 2.24) is 15.6 Å². The molecule has 5 rings (SSSR count). The van der Waals surface area contributed by atoms with Gasteiger partial charge in [-0.1, -0.05) is 18.2 Å². The van der Waals surface area contributed by atoms with E-state index in [2.05, 4.69) is 15.6 Å². The van der Waals surface area contributed by atoms with Crippen LogP contribution in [0.25, 0.3) is 33.4 Å². The number of hydrogen-bond acceptors (Lipinski definition) is 4. The van der Waals surface area contributed by atoms with Gasteiger partial charge in [0.05, 0.1) is 11.1 Å². The second-order valence-electron chi connectivity index (χ2n) is 9.50. The highest BCUT2D eigenvalue weighted by atomic mass is 19.1. The number of furan rings is 1. The van der Waals surface area contributed by atoms with Crippen molar-refractivity contribution >= 4 is 22.8 Å². The number of benzene rings is 3. The topological polar surface area (TPSA) is 84.2 Å². The van der Waals surface area contributed by atoms with Gasteiger partial charge < -0.3 is 15.1 Å². The Labute approximate surface area is 219 Å². The molecule has 0 bridgehead atoms. The highest BCUT2D eigenvalue weighted by Gasteiger charge is 2.24. The average molecular weight is 508 g/mol. The standard InChI is InChI=1S/C31H26FN3O3/c1-31(2,23-13-15-34-16-14-23)35-29(36)22-6-4-5-20(17-22)21-9-12-26-25(18-21)27(30(37)33-3)28(38-26)19-7-10-24(32)11-8-19/h4-18H,1-3H3,(H,33,37)(H,35,36). The summed E-state index contributed by atoms with van der Waals surface area (Å²) < 4.78 is 19.5. The first kappa shape index (κ1) is 24.9. The van der Waals surface area contributed by atoms with Crippen LogP contribution < -0.4 is 10.6 Å². The third-order valence-electron chi connectivity index (χ3n) is 6.53. The van der Waals surface area contributed by atoms with Crippen LogP contribution in [-0.2, 0) is 5.54 Å². The fourth-order valence-corrected chi connectivity index (χ4v) is 4.47. The minimum Gasteiger partial charge on any atom is -0.455 e. The summed E-state index contributed by atoms with van der Waals surface area (Å²) in [6.07, 6.45) is 3.40. The van der Waals surface area contributed by atoms with Crippen molar-refractivity contribution in [3.8, 4) is 22.5 Å². The summed E-state index contributed by atoms with van der Waals surface area (Å²) in [5.41, 5.74) is 3.98. The van der Waals surface area contributed by atoms with Crippen molar-refractivity contribution in [2.75, 3.05) is 7.05 Å². The van der Waals surface area contributed by atoms with Gasteiger partial charge in [-0.05, 0) is 91.2 Å². The maximum atomic E-state index is 13.5. The van der Waals surface area contributed by atoms with E-state index in [0.717, 1.165) is 16.7 Å². The van der Waals surface area contributed by atoms with Gasteiger partial charge >= 0.3 is 0 Å². The second-order valence-corrected chi connectivity index (χ2v) is 9.50. The molecule has 2 aromatic heterocycles. The number of carbonyl (C=O) groups is 2. The van der Waals surface area contributed by atoms with Gasteiger partial charge in [0.15, 0.2) is 0 Å². The van der Waals surface area contributed by atoms with Crippen molar-refractivity contribution in [1.29, 1.82) is 0 Å². The zero-order valence-corrected chi connectivity index (χ0v) is 21.2. The lowest BCUT2D eigenvalue weighted by atomic mass is 9.94. The number of pyridine rings is 1. The number of halogens is 1. The maximum Gasteiger partial charge on any atom is 0.255 e. The number of nitrogens with zero attached hydrogens (tertiary/aromatic N) is 1. The second kappa shape index (κ2) is 9.94. The SMILES string of the molecule is CNC(=O)c1c(-c2ccc(F)cc2)oc2ccc(-c3cccc(C(=O)NC(C)(C)c4ccncc4)c3)cc12. The Hall–Kier alpha value is -4.78. The number of aromatic nitrogens is 1. The molecule has 38 heavy (non-hydrogen) atoms. The molecule has 3 aromatic carbocycles. The van der Waals surface area contributed by atoms with Gasteiger partial charge in [-0.15, -0.1) is 0 Å². The molecule has 6 nitrogen and oxygen atoms in total. The van der Waals surface area contributed by atoms with E-state index >= 15 is 0 Å². The van der Waals surface area contributed by atoms with Gasteiger partial charge in [-0.3, -0.25) is 14.6 Å². The molecular formula is C31H26FN3O3. The zero-order chi connectivity index (χ0) is 26.9. The fourth-order valence-electron chi connectivity index (χ4n) is 4.47. The summed E-state index contributed by atoms with van der Waals surface area (Å²) in [5, 5.41) is 6.38. The van der Waals surface area contributed by atoms with E-state index in [-0.39, 0.29) is 17.6 Å². The van der Waals surface area contributed by atoms with Crippen molar-refractivity contribution in [2.45, 2.75) is 19.4 Å². The molecule has 0 unspecified atom stereocenters. The number of rotatable bonds is 6. The van der Waals surface area contributed by atoms with Crippen molar-refractivity contribution in [3.63, 3.8) is 0 Å². The summed E-state index contributed by atoms with van der Waals surface area (Å²) in [6, 6.07) is 22.4. The molecule has 2 N–H and O–H groups in total. The first-order chi connectivity index (χ1) is 18.3.